The number of nitrogens with zero attached hydrogens (tertiary/aromatic N) is 1. The van der Waals surface area contributed by atoms with Crippen LogP contribution >= 0.6 is 0 Å². The first-order valence-corrected chi connectivity index (χ1v) is 3.37. The van der Waals surface area contributed by atoms with Crippen LogP contribution in [0.5, 0.6) is 0 Å². The summed E-state index contributed by atoms with van der Waals surface area (Å²) in [5.74, 6) is 0. The monoisotopic (exact) mass is 157 g/mol. The van der Waals surface area contributed by atoms with Crippen molar-refractivity contribution in [2.45, 2.75) is 26.4 Å². The third-order valence-corrected chi connectivity index (χ3v) is 0.766. The molecule has 62 valence electrons. The van der Waals surface area contributed by atoms with Crippen LogP contribution in [0.3, 0.4) is 0 Å². The molecule has 4 heteroatoms. The summed E-state index contributed by atoms with van der Waals surface area (Å²) >= 11 is 0. The zero-order chi connectivity index (χ0) is 8.69. The van der Waals surface area contributed by atoms with E-state index in [1.165, 1.54) is 0 Å². The Balaban J connectivity index is 3.32. The number of nitriles is 1. The van der Waals surface area contributed by atoms with Crippen molar-refractivity contribution in [3.05, 3.63) is 0 Å². The maximum Gasteiger partial charge on any atom is 0.508 e. The third kappa shape index (κ3) is 6.65. The Bertz CT molecular complexity index is 160. The van der Waals surface area contributed by atoms with Crippen LogP contribution in [0.4, 0.5) is 4.79 Å². The van der Waals surface area contributed by atoms with Crippen LogP contribution in [-0.2, 0) is 9.47 Å². The minimum absolute atomic E-state index is 0.0993. The maximum absolute atomic E-state index is 10.6. The molecule has 0 saturated carbocycles. The Morgan fingerprint density at radius 3 is 2.73 bits per heavy atom. The average molecular weight is 157 g/mol. The van der Waals surface area contributed by atoms with Gasteiger partial charge in [0, 0.05) is 0 Å². The molecule has 0 fully saturated rings. The molecule has 0 aliphatic rings. The Kier molecular flexibility index (Phi) is 4.91. The largest absolute Gasteiger partial charge is 0.508 e. The molecule has 0 heterocycles. The molecule has 0 aromatic heterocycles. The molecule has 0 aromatic carbocycles. The zero-order valence-corrected chi connectivity index (χ0v) is 6.66. The molecule has 0 N–H and O–H groups in total. The number of ether oxygens (including phenoxy) is 2. The van der Waals surface area contributed by atoms with Crippen molar-refractivity contribution < 1.29 is 14.3 Å². The van der Waals surface area contributed by atoms with Crippen LogP contribution in [0.1, 0.15) is 20.3 Å². The molecule has 0 spiro atoms. The molecule has 0 unspecified atom stereocenters. The van der Waals surface area contributed by atoms with Gasteiger partial charge in [-0.15, -0.1) is 0 Å². The van der Waals surface area contributed by atoms with E-state index in [1.54, 1.807) is 13.8 Å². The van der Waals surface area contributed by atoms with Crippen molar-refractivity contribution in [3.63, 3.8) is 0 Å². The van der Waals surface area contributed by atoms with Gasteiger partial charge in [-0.3, -0.25) is 0 Å². The van der Waals surface area contributed by atoms with Crippen LogP contribution < -0.4 is 0 Å². The van der Waals surface area contributed by atoms with Crippen LogP contribution in [0.15, 0.2) is 0 Å². The SMILES string of the molecule is CC(C)OC(=O)OCCC#N. The van der Waals surface area contributed by atoms with Crippen LogP contribution in [0.2, 0.25) is 0 Å². The minimum Gasteiger partial charge on any atom is -0.433 e. The number of rotatable bonds is 3. The van der Waals surface area contributed by atoms with E-state index in [0.29, 0.717) is 0 Å². The van der Waals surface area contributed by atoms with E-state index >= 15 is 0 Å². The molecule has 0 aliphatic heterocycles. The van der Waals surface area contributed by atoms with Gasteiger partial charge >= 0.3 is 6.16 Å². The average Bonchev–Trinajstić information content (AvgIpc) is 1.86. The van der Waals surface area contributed by atoms with Gasteiger partial charge in [0.1, 0.15) is 6.61 Å². The summed E-state index contributed by atoms with van der Waals surface area (Å²) in [6.07, 6.45) is -0.687. The first kappa shape index (κ1) is 9.76. The van der Waals surface area contributed by atoms with Gasteiger partial charge in [-0.2, -0.15) is 5.26 Å². The lowest BCUT2D eigenvalue weighted by atomic mass is 10.5. The lowest BCUT2D eigenvalue weighted by Crippen LogP contribution is -2.13. The van der Waals surface area contributed by atoms with Crippen molar-refractivity contribution in [2.75, 3.05) is 6.61 Å². The normalized spacial score (nSPS) is 8.91. The Morgan fingerprint density at radius 1 is 1.64 bits per heavy atom. The molecular weight excluding hydrogens is 146 g/mol. The highest BCUT2D eigenvalue weighted by molar-refractivity contribution is 5.59. The third-order valence-electron chi connectivity index (χ3n) is 0.766. The van der Waals surface area contributed by atoms with Gasteiger partial charge < -0.3 is 9.47 Å². The van der Waals surface area contributed by atoms with Gasteiger partial charge in [0.05, 0.1) is 18.6 Å². The van der Waals surface area contributed by atoms with E-state index in [2.05, 4.69) is 9.47 Å². The van der Waals surface area contributed by atoms with Crippen molar-refractivity contribution in [2.24, 2.45) is 0 Å². The molecule has 0 radical (unpaired) electrons. The standard InChI is InChI=1S/C7H11NO3/c1-6(2)11-7(9)10-5-3-4-8/h6H,3,5H2,1-2H3. The molecule has 11 heavy (non-hydrogen) atoms. The summed E-state index contributed by atoms with van der Waals surface area (Å²) in [5, 5.41) is 8.08. The van der Waals surface area contributed by atoms with Crippen LogP contribution in [0.25, 0.3) is 0 Å². The van der Waals surface area contributed by atoms with Gasteiger partial charge in [-0.25, -0.2) is 4.79 Å². The van der Waals surface area contributed by atoms with Crippen LogP contribution in [-0.4, -0.2) is 18.9 Å². The number of carbonyl (C=O) groups is 1. The highest BCUT2D eigenvalue weighted by atomic mass is 16.7. The van der Waals surface area contributed by atoms with Gasteiger partial charge in [-0.1, -0.05) is 0 Å². The summed E-state index contributed by atoms with van der Waals surface area (Å²) in [5.41, 5.74) is 0. The predicted octanol–water partition coefficient (Wildman–Crippen LogP) is 1.46. The molecule has 0 aromatic rings. The lowest BCUT2D eigenvalue weighted by molar-refractivity contribution is 0.0359. The number of carbonyl (C=O) groups excluding carboxylic acids is 1. The van der Waals surface area contributed by atoms with E-state index in [-0.39, 0.29) is 19.1 Å². The second kappa shape index (κ2) is 5.54. The summed E-state index contributed by atoms with van der Waals surface area (Å²) < 4.78 is 9.14. The fourth-order valence-electron chi connectivity index (χ4n) is 0.406. The number of hydrogen-bond donors (Lipinski definition) is 0. The minimum atomic E-state index is -0.713. The molecular formula is C7H11NO3. The first-order chi connectivity index (χ1) is 5.16. The molecule has 4 nitrogen and oxygen atoms in total. The highest BCUT2D eigenvalue weighted by Crippen LogP contribution is 1.92. The van der Waals surface area contributed by atoms with Gasteiger partial charge in [-0.05, 0) is 13.8 Å². The second-order valence-corrected chi connectivity index (χ2v) is 2.17. The first-order valence-electron chi connectivity index (χ1n) is 3.37. The van der Waals surface area contributed by atoms with Crippen molar-refractivity contribution in [3.8, 4) is 6.07 Å². The Morgan fingerprint density at radius 2 is 2.27 bits per heavy atom. The maximum atomic E-state index is 10.6. The topological polar surface area (TPSA) is 59.3 Å². The smallest absolute Gasteiger partial charge is 0.433 e. The molecule has 0 amide bonds. The fourth-order valence-corrected chi connectivity index (χ4v) is 0.406. The van der Waals surface area contributed by atoms with Crippen molar-refractivity contribution in [1.82, 2.24) is 0 Å². The van der Waals surface area contributed by atoms with E-state index in [1.807, 2.05) is 6.07 Å². The summed E-state index contributed by atoms with van der Waals surface area (Å²) in [6, 6.07) is 1.84. The van der Waals surface area contributed by atoms with E-state index in [0.717, 1.165) is 0 Å². The second-order valence-electron chi connectivity index (χ2n) is 2.17. The zero-order valence-electron chi connectivity index (χ0n) is 6.66. The quantitative estimate of drug-likeness (QED) is 0.459. The summed E-state index contributed by atoms with van der Waals surface area (Å²) in [4.78, 5) is 10.6. The Hall–Kier alpha value is -1.24. The van der Waals surface area contributed by atoms with Crippen molar-refractivity contribution >= 4 is 6.16 Å². The number of hydrogen-bond acceptors (Lipinski definition) is 4. The molecule has 0 bridgehead atoms. The molecule has 0 atom stereocenters. The van der Waals surface area contributed by atoms with E-state index in [4.69, 9.17) is 5.26 Å². The molecule has 0 saturated heterocycles. The van der Waals surface area contributed by atoms with Crippen LogP contribution in [0, 0.1) is 11.3 Å². The van der Waals surface area contributed by atoms with Gasteiger partial charge in [0.2, 0.25) is 0 Å². The predicted molar refractivity (Wildman–Crippen MR) is 37.8 cm³/mol. The summed E-state index contributed by atoms with van der Waals surface area (Å²) in [7, 11) is 0. The lowest BCUT2D eigenvalue weighted by Gasteiger charge is -2.06. The van der Waals surface area contributed by atoms with Gasteiger partial charge in [0.15, 0.2) is 0 Å². The fraction of sp³-hybridized carbons (Fsp3) is 0.714. The van der Waals surface area contributed by atoms with E-state index < -0.39 is 6.16 Å². The summed E-state index contributed by atoms with van der Waals surface area (Å²) in [6.45, 7) is 3.55. The Labute approximate surface area is 65.7 Å². The van der Waals surface area contributed by atoms with E-state index in [9.17, 15) is 4.79 Å². The highest BCUT2D eigenvalue weighted by Gasteiger charge is 2.04. The molecule has 0 aliphatic carbocycles. The van der Waals surface area contributed by atoms with Gasteiger partial charge in [0.25, 0.3) is 0 Å². The molecule has 0 rings (SSSR count). The van der Waals surface area contributed by atoms with Crippen molar-refractivity contribution in [1.29, 1.82) is 5.26 Å².